The second-order valence-corrected chi connectivity index (χ2v) is 5.97. The van der Waals surface area contributed by atoms with Crippen LogP contribution in [0.15, 0.2) is 24.3 Å². The van der Waals surface area contributed by atoms with Crippen LogP contribution in [0.5, 0.6) is 5.75 Å². The van der Waals surface area contributed by atoms with E-state index in [2.05, 4.69) is 52.0 Å². The molecule has 2 nitrogen and oxygen atoms in total. The molecule has 1 aromatic rings. The highest BCUT2D eigenvalue weighted by atomic mass is 16.5. The van der Waals surface area contributed by atoms with Gasteiger partial charge in [-0.1, -0.05) is 39.3 Å². The van der Waals surface area contributed by atoms with E-state index in [0.29, 0.717) is 0 Å². The van der Waals surface area contributed by atoms with Gasteiger partial charge in [0.2, 0.25) is 0 Å². The van der Waals surface area contributed by atoms with Gasteiger partial charge in [0.05, 0.1) is 18.8 Å². The van der Waals surface area contributed by atoms with E-state index < -0.39 is 0 Å². The summed E-state index contributed by atoms with van der Waals surface area (Å²) >= 11 is 0. The quantitative estimate of drug-likeness (QED) is 0.771. The van der Waals surface area contributed by atoms with Gasteiger partial charge in [-0.15, -0.1) is 0 Å². The summed E-state index contributed by atoms with van der Waals surface area (Å²) < 4.78 is 11.5. The van der Waals surface area contributed by atoms with Gasteiger partial charge >= 0.3 is 0 Å². The standard InChI is InChI=1S/C16H24O2/c1-5-6-12(2)18-14-9-7-13(8-10-14)15-16(3,4)11-17-15/h7-10,12,15H,5-6,11H2,1-4H3. The molecule has 0 amide bonds. The lowest BCUT2D eigenvalue weighted by atomic mass is 9.79. The molecule has 2 heteroatoms. The van der Waals surface area contributed by atoms with E-state index in [0.717, 1.165) is 25.2 Å². The van der Waals surface area contributed by atoms with Crippen molar-refractivity contribution in [2.24, 2.45) is 5.41 Å². The third-order valence-electron chi connectivity index (χ3n) is 3.55. The monoisotopic (exact) mass is 248 g/mol. The molecule has 1 aromatic carbocycles. The Bertz CT molecular complexity index is 381. The Morgan fingerprint density at radius 1 is 1.33 bits per heavy atom. The maximum absolute atomic E-state index is 5.85. The fourth-order valence-corrected chi connectivity index (χ4v) is 2.47. The van der Waals surface area contributed by atoms with Crippen molar-refractivity contribution >= 4 is 0 Å². The molecule has 0 aliphatic carbocycles. The van der Waals surface area contributed by atoms with E-state index in [-0.39, 0.29) is 17.6 Å². The first-order valence-corrected chi connectivity index (χ1v) is 6.91. The highest BCUT2D eigenvalue weighted by Gasteiger charge is 2.40. The minimum absolute atomic E-state index is 0.236. The molecule has 0 aromatic heterocycles. The number of rotatable bonds is 5. The molecule has 0 N–H and O–H groups in total. The molecule has 1 aliphatic rings. The second kappa shape index (κ2) is 5.31. The van der Waals surface area contributed by atoms with Crippen molar-refractivity contribution in [3.63, 3.8) is 0 Å². The summed E-state index contributed by atoms with van der Waals surface area (Å²) in [6.45, 7) is 9.64. The lowest BCUT2D eigenvalue weighted by Gasteiger charge is -2.44. The molecule has 100 valence electrons. The Kier molecular flexibility index (Phi) is 3.96. The predicted octanol–water partition coefficient (Wildman–Crippen LogP) is 4.35. The first-order chi connectivity index (χ1) is 8.53. The van der Waals surface area contributed by atoms with E-state index in [4.69, 9.17) is 9.47 Å². The largest absolute Gasteiger partial charge is 0.491 e. The van der Waals surface area contributed by atoms with Crippen LogP contribution in [0.25, 0.3) is 0 Å². The molecule has 0 radical (unpaired) electrons. The molecule has 1 aliphatic heterocycles. The molecule has 1 saturated heterocycles. The summed E-state index contributed by atoms with van der Waals surface area (Å²) in [6.07, 6.45) is 2.78. The van der Waals surface area contributed by atoms with Gasteiger partial charge in [0.15, 0.2) is 0 Å². The maximum atomic E-state index is 5.85. The first kappa shape index (κ1) is 13.4. The molecule has 0 saturated carbocycles. The van der Waals surface area contributed by atoms with Gasteiger partial charge in [0.25, 0.3) is 0 Å². The molecular formula is C16H24O2. The van der Waals surface area contributed by atoms with E-state index in [1.807, 2.05) is 0 Å². The van der Waals surface area contributed by atoms with Gasteiger partial charge in [-0.3, -0.25) is 0 Å². The Morgan fingerprint density at radius 3 is 2.44 bits per heavy atom. The fourth-order valence-electron chi connectivity index (χ4n) is 2.47. The van der Waals surface area contributed by atoms with Crippen LogP contribution >= 0.6 is 0 Å². The highest BCUT2D eigenvalue weighted by Crippen LogP contribution is 2.45. The van der Waals surface area contributed by atoms with Crippen molar-refractivity contribution in [3.05, 3.63) is 29.8 Å². The average molecular weight is 248 g/mol. The summed E-state index contributed by atoms with van der Waals surface area (Å²) in [5.74, 6) is 0.955. The van der Waals surface area contributed by atoms with Gasteiger partial charge in [-0.05, 0) is 31.0 Å². The fraction of sp³-hybridized carbons (Fsp3) is 0.625. The normalized spacial score (nSPS) is 23.2. The van der Waals surface area contributed by atoms with Crippen LogP contribution in [-0.4, -0.2) is 12.7 Å². The second-order valence-electron chi connectivity index (χ2n) is 5.97. The zero-order valence-electron chi connectivity index (χ0n) is 11.9. The predicted molar refractivity (Wildman–Crippen MR) is 73.9 cm³/mol. The summed E-state index contributed by atoms with van der Waals surface area (Å²) in [5.41, 5.74) is 1.51. The van der Waals surface area contributed by atoms with Gasteiger partial charge in [0, 0.05) is 5.41 Å². The van der Waals surface area contributed by atoms with Gasteiger partial charge in [-0.2, -0.15) is 0 Å². The van der Waals surface area contributed by atoms with Crippen molar-refractivity contribution in [1.82, 2.24) is 0 Å². The zero-order chi connectivity index (χ0) is 13.2. The highest BCUT2D eigenvalue weighted by molar-refractivity contribution is 5.30. The number of hydrogen-bond donors (Lipinski definition) is 0. The van der Waals surface area contributed by atoms with Crippen LogP contribution in [0.2, 0.25) is 0 Å². The lowest BCUT2D eigenvalue weighted by molar-refractivity contribution is -0.172. The number of benzene rings is 1. The summed E-state index contributed by atoms with van der Waals surface area (Å²) in [4.78, 5) is 0. The molecular weight excluding hydrogens is 224 g/mol. The van der Waals surface area contributed by atoms with Crippen LogP contribution in [0.4, 0.5) is 0 Å². The zero-order valence-corrected chi connectivity index (χ0v) is 11.9. The van der Waals surface area contributed by atoms with E-state index in [1.165, 1.54) is 5.56 Å². The SMILES string of the molecule is CCCC(C)Oc1ccc(C2OCC2(C)C)cc1. The maximum Gasteiger partial charge on any atom is 0.119 e. The van der Waals surface area contributed by atoms with Crippen molar-refractivity contribution in [1.29, 1.82) is 0 Å². The summed E-state index contributed by atoms with van der Waals surface area (Å²) in [6, 6.07) is 8.36. The number of ether oxygens (including phenoxy) is 2. The van der Waals surface area contributed by atoms with Crippen molar-refractivity contribution < 1.29 is 9.47 Å². The minimum Gasteiger partial charge on any atom is -0.491 e. The lowest BCUT2D eigenvalue weighted by Crippen LogP contribution is -2.40. The van der Waals surface area contributed by atoms with Crippen LogP contribution in [-0.2, 0) is 4.74 Å². The molecule has 2 rings (SSSR count). The molecule has 2 atom stereocenters. The Labute approximate surface area is 110 Å². The molecule has 1 heterocycles. The minimum atomic E-state index is 0.236. The van der Waals surface area contributed by atoms with Crippen molar-refractivity contribution in [2.75, 3.05) is 6.61 Å². The van der Waals surface area contributed by atoms with E-state index in [9.17, 15) is 0 Å². The third kappa shape index (κ3) is 2.86. The van der Waals surface area contributed by atoms with E-state index >= 15 is 0 Å². The molecule has 1 fully saturated rings. The topological polar surface area (TPSA) is 18.5 Å². The van der Waals surface area contributed by atoms with Crippen molar-refractivity contribution in [2.45, 2.75) is 52.7 Å². The third-order valence-corrected chi connectivity index (χ3v) is 3.55. The molecule has 0 spiro atoms. The summed E-state index contributed by atoms with van der Waals surface area (Å²) in [5, 5.41) is 0. The van der Waals surface area contributed by atoms with Crippen LogP contribution < -0.4 is 4.74 Å². The van der Waals surface area contributed by atoms with Crippen LogP contribution in [0.3, 0.4) is 0 Å². The molecule has 2 unspecified atom stereocenters. The smallest absolute Gasteiger partial charge is 0.119 e. The average Bonchev–Trinajstić information content (AvgIpc) is 2.31. The molecule has 18 heavy (non-hydrogen) atoms. The van der Waals surface area contributed by atoms with Gasteiger partial charge < -0.3 is 9.47 Å². The molecule has 0 bridgehead atoms. The Morgan fingerprint density at radius 2 is 2.00 bits per heavy atom. The number of hydrogen-bond acceptors (Lipinski definition) is 2. The van der Waals surface area contributed by atoms with Crippen LogP contribution in [0, 0.1) is 5.41 Å². The van der Waals surface area contributed by atoms with E-state index in [1.54, 1.807) is 0 Å². The first-order valence-electron chi connectivity index (χ1n) is 6.91. The Hall–Kier alpha value is -1.02. The van der Waals surface area contributed by atoms with Gasteiger partial charge in [0.1, 0.15) is 5.75 Å². The summed E-state index contributed by atoms with van der Waals surface area (Å²) in [7, 11) is 0. The Balaban J connectivity index is 1.98. The van der Waals surface area contributed by atoms with Crippen molar-refractivity contribution in [3.8, 4) is 5.75 Å². The van der Waals surface area contributed by atoms with Gasteiger partial charge in [-0.25, -0.2) is 0 Å². The van der Waals surface area contributed by atoms with Crippen LogP contribution in [0.1, 0.15) is 52.2 Å².